The van der Waals surface area contributed by atoms with Crippen LogP contribution in [0.3, 0.4) is 0 Å². The third kappa shape index (κ3) is 5.00. The molecule has 0 aromatic carbocycles. The number of nitrogens with one attached hydrogen (secondary N) is 2. The quantitative estimate of drug-likeness (QED) is 0.612. The highest BCUT2D eigenvalue weighted by Gasteiger charge is 2.27. The molecule has 1 aliphatic heterocycles. The molecule has 3 N–H and O–H groups in total. The van der Waals surface area contributed by atoms with E-state index in [0.29, 0.717) is 13.0 Å². The Kier molecular flexibility index (Phi) is 5.58. The number of hydrogen-bond donors (Lipinski definition) is 3. The summed E-state index contributed by atoms with van der Waals surface area (Å²) in [5, 5.41) is 13.0. The number of hydrogen-bond acceptors (Lipinski definition) is 5. The molecule has 19 heavy (non-hydrogen) atoms. The normalized spacial score (nSPS) is 30.4. The molecule has 2 rings (SSSR count). The van der Waals surface area contributed by atoms with Gasteiger partial charge < -0.3 is 10.4 Å². The lowest BCUT2D eigenvalue weighted by molar-refractivity contribution is 0.101. The molecule has 7 heteroatoms. The second kappa shape index (κ2) is 6.99. The smallest absolute Gasteiger partial charge is 0.213 e. The van der Waals surface area contributed by atoms with Gasteiger partial charge in [-0.25, -0.2) is 13.1 Å². The largest absolute Gasteiger partial charge is 0.391 e. The van der Waals surface area contributed by atoms with E-state index in [1.165, 1.54) is 0 Å². The molecule has 2 aliphatic rings. The van der Waals surface area contributed by atoms with Gasteiger partial charge >= 0.3 is 0 Å². The van der Waals surface area contributed by atoms with Crippen molar-refractivity contribution in [2.75, 3.05) is 38.5 Å². The summed E-state index contributed by atoms with van der Waals surface area (Å²) < 4.78 is 26.7. The number of rotatable bonds is 5. The molecule has 6 nitrogen and oxygen atoms in total. The fraction of sp³-hybridized carbons (Fsp3) is 1.00. The van der Waals surface area contributed by atoms with E-state index < -0.39 is 16.1 Å². The first-order chi connectivity index (χ1) is 9.07. The molecule has 2 unspecified atom stereocenters. The van der Waals surface area contributed by atoms with Gasteiger partial charge in [-0.05, 0) is 12.8 Å². The van der Waals surface area contributed by atoms with Crippen LogP contribution in [0.5, 0.6) is 0 Å². The zero-order valence-electron chi connectivity index (χ0n) is 11.3. The number of sulfonamides is 1. The maximum Gasteiger partial charge on any atom is 0.213 e. The van der Waals surface area contributed by atoms with Gasteiger partial charge in [0, 0.05) is 38.8 Å². The first-order valence-corrected chi connectivity index (χ1v) is 8.83. The van der Waals surface area contributed by atoms with Crippen molar-refractivity contribution in [2.45, 2.75) is 37.8 Å². The molecule has 112 valence electrons. The van der Waals surface area contributed by atoms with Gasteiger partial charge in [0.1, 0.15) is 0 Å². The van der Waals surface area contributed by atoms with E-state index in [1.54, 1.807) is 0 Å². The van der Waals surface area contributed by atoms with Gasteiger partial charge in [-0.3, -0.25) is 4.90 Å². The summed E-state index contributed by atoms with van der Waals surface area (Å²) in [6.07, 6.45) is 2.89. The van der Waals surface area contributed by atoms with Crippen LogP contribution in [0.15, 0.2) is 0 Å². The highest BCUT2D eigenvalue weighted by Crippen LogP contribution is 2.19. The average molecular weight is 291 g/mol. The van der Waals surface area contributed by atoms with Gasteiger partial charge in [0.05, 0.1) is 11.9 Å². The van der Waals surface area contributed by atoms with Crippen LogP contribution < -0.4 is 10.0 Å². The number of aliphatic hydroxyl groups is 1. The van der Waals surface area contributed by atoms with Crippen molar-refractivity contribution in [2.24, 2.45) is 0 Å². The fourth-order valence-corrected chi connectivity index (χ4v) is 4.07. The maximum atomic E-state index is 12.0. The monoisotopic (exact) mass is 291 g/mol. The van der Waals surface area contributed by atoms with Crippen LogP contribution in [0, 0.1) is 0 Å². The van der Waals surface area contributed by atoms with Crippen molar-refractivity contribution in [3.8, 4) is 0 Å². The third-order valence-corrected chi connectivity index (χ3v) is 5.33. The average Bonchev–Trinajstić information content (AvgIpc) is 2.40. The molecule has 0 amide bonds. The standard InChI is InChI=1S/C12H25N3O3S/c16-12-4-2-1-3-11(12)14-19(17,18)10-9-15-7-5-13-6-8-15/h11-14,16H,1-10H2. The SMILES string of the molecule is O=S(=O)(CCN1CCNCC1)NC1CCCCC1O. The van der Waals surface area contributed by atoms with Gasteiger partial charge in [0.2, 0.25) is 10.0 Å². The molecular formula is C12H25N3O3S. The Morgan fingerprint density at radius 2 is 1.89 bits per heavy atom. The van der Waals surface area contributed by atoms with Gasteiger partial charge in [-0.15, -0.1) is 0 Å². The highest BCUT2D eigenvalue weighted by atomic mass is 32.2. The Hall–Kier alpha value is -0.210. The Balaban J connectivity index is 1.77. The van der Waals surface area contributed by atoms with Crippen molar-refractivity contribution >= 4 is 10.0 Å². The summed E-state index contributed by atoms with van der Waals surface area (Å²) >= 11 is 0. The van der Waals surface area contributed by atoms with Gasteiger partial charge in [0.15, 0.2) is 0 Å². The Morgan fingerprint density at radius 1 is 1.21 bits per heavy atom. The maximum absolute atomic E-state index is 12.0. The van der Waals surface area contributed by atoms with E-state index in [-0.39, 0.29) is 11.8 Å². The van der Waals surface area contributed by atoms with E-state index in [2.05, 4.69) is 14.9 Å². The molecule has 1 saturated heterocycles. The van der Waals surface area contributed by atoms with Crippen LogP contribution in [-0.4, -0.2) is 69.0 Å². The van der Waals surface area contributed by atoms with E-state index in [1.807, 2.05) is 0 Å². The molecule has 1 saturated carbocycles. The predicted octanol–water partition coefficient (Wildman–Crippen LogP) is -0.885. The molecule has 0 bridgehead atoms. The molecule has 1 aliphatic carbocycles. The van der Waals surface area contributed by atoms with Gasteiger partial charge in [0.25, 0.3) is 0 Å². The van der Waals surface area contributed by atoms with Crippen LogP contribution in [0.2, 0.25) is 0 Å². The second-order valence-corrected chi connectivity index (χ2v) is 7.36. The molecule has 0 radical (unpaired) electrons. The van der Waals surface area contributed by atoms with E-state index in [0.717, 1.165) is 45.4 Å². The zero-order valence-corrected chi connectivity index (χ0v) is 12.2. The minimum atomic E-state index is -3.29. The van der Waals surface area contributed by atoms with Crippen LogP contribution in [0.1, 0.15) is 25.7 Å². The second-order valence-electron chi connectivity index (χ2n) is 5.49. The summed E-state index contributed by atoms with van der Waals surface area (Å²) in [5.41, 5.74) is 0. The lowest BCUT2D eigenvalue weighted by atomic mass is 9.93. The number of nitrogens with zero attached hydrogens (tertiary/aromatic N) is 1. The Labute approximate surface area is 115 Å². The Morgan fingerprint density at radius 3 is 2.58 bits per heavy atom. The summed E-state index contributed by atoms with van der Waals surface area (Å²) in [7, 11) is -3.29. The third-order valence-electron chi connectivity index (χ3n) is 3.95. The lowest BCUT2D eigenvalue weighted by Crippen LogP contribution is -2.49. The first-order valence-electron chi connectivity index (χ1n) is 7.18. The van der Waals surface area contributed by atoms with E-state index in [9.17, 15) is 13.5 Å². The molecule has 2 atom stereocenters. The zero-order chi connectivity index (χ0) is 13.7. The molecule has 0 spiro atoms. The van der Waals surface area contributed by atoms with Crippen molar-refractivity contribution in [1.82, 2.24) is 14.9 Å². The molecule has 1 heterocycles. The van der Waals surface area contributed by atoms with Crippen LogP contribution >= 0.6 is 0 Å². The topological polar surface area (TPSA) is 81.7 Å². The molecule has 0 aromatic rings. The fourth-order valence-electron chi connectivity index (χ4n) is 2.72. The Bertz CT molecular complexity index is 368. The summed E-state index contributed by atoms with van der Waals surface area (Å²) in [4.78, 5) is 2.16. The predicted molar refractivity (Wildman–Crippen MR) is 74.5 cm³/mol. The number of piperazine rings is 1. The lowest BCUT2D eigenvalue weighted by Gasteiger charge is -2.29. The van der Waals surface area contributed by atoms with Crippen molar-refractivity contribution in [3.63, 3.8) is 0 Å². The summed E-state index contributed by atoms with van der Waals surface area (Å²) in [5.74, 6) is 0.121. The number of aliphatic hydroxyl groups excluding tert-OH is 1. The minimum absolute atomic E-state index is 0.121. The first kappa shape index (κ1) is 15.2. The van der Waals surface area contributed by atoms with E-state index in [4.69, 9.17) is 0 Å². The molecule has 0 aromatic heterocycles. The van der Waals surface area contributed by atoms with Gasteiger partial charge in [-0.1, -0.05) is 12.8 Å². The van der Waals surface area contributed by atoms with E-state index >= 15 is 0 Å². The minimum Gasteiger partial charge on any atom is -0.391 e. The van der Waals surface area contributed by atoms with Crippen LogP contribution in [0.4, 0.5) is 0 Å². The highest BCUT2D eigenvalue weighted by molar-refractivity contribution is 7.89. The summed E-state index contributed by atoms with van der Waals surface area (Å²) in [6, 6.07) is -0.290. The molecule has 2 fully saturated rings. The van der Waals surface area contributed by atoms with Gasteiger partial charge in [-0.2, -0.15) is 0 Å². The van der Waals surface area contributed by atoms with Crippen LogP contribution in [-0.2, 0) is 10.0 Å². The van der Waals surface area contributed by atoms with Crippen LogP contribution in [0.25, 0.3) is 0 Å². The van der Waals surface area contributed by atoms with Crippen molar-refractivity contribution < 1.29 is 13.5 Å². The van der Waals surface area contributed by atoms with Crippen molar-refractivity contribution in [3.05, 3.63) is 0 Å². The summed E-state index contributed by atoms with van der Waals surface area (Å²) in [6.45, 7) is 4.23. The molecular weight excluding hydrogens is 266 g/mol. The van der Waals surface area contributed by atoms with Crippen molar-refractivity contribution in [1.29, 1.82) is 0 Å².